The lowest BCUT2D eigenvalue weighted by molar-refractivity contribution is -0.135. The number of nitrogens with one attached hydrogen (secondary N) is 3. The summed E-state index contributed by atoms with van der Waals surface area (Å²) in [4.78, 5) is 78.2. The normalized spacial score (nSPS) is 11.7. The van der Waals surface area contributed by atoms with Crippen LogP contribution < -0.4 is 40.0 Å². The second-order valence-electron chi connectivity index (χ2n) is 13.8. The van der Waals surface area contributed by atoms with Crippen molar-refractivity contribution in [2.24, 2.45) is 0 Å². The molecule has 3 aromatic carbocycles. The second-order valence-corrected chi connectivity index (χ2v) is 18.7. The lowest BCUT2D eigenvalue weighted by Gasteiger charge is -2.11. The third kappa shape index (κ3) is 19.7. The van der Waals surface area contributed by atoms with E-state index in [1.54, 1.807) is 16.0 Å². The molecule has 0 saturated heterocycles. The third-order valence-electron chi connectivity index (χ3n) is 8.54. The summed E-state index contributed by atoms with van der Waals surface area (Å²) in [6.45, 7) is -6.50. The number of terminal acetylenes is 1. The highest BCUT2D eigenvalue weighted by Crippen LogP contribution is 2.35. The molecular weight excluding hydrogens is 1150 g/mol. The standard InChI is InChI=1S/C15H13Cl2N3O2.C14H10F4N4O7S.C8H6Cl2O3.C3H8NO5P/c1-2-7-22-13-9-12(10(16)8-11(13)17)20-15(21)19-6-4-3-5-14(19)18-20;15-11(16)28-8-5-9(29-12(17)18)20-13(19-8)21-14(25)22-30(26,27)7-4-2-1-3-6(7)10(23)24;1-13-7-5(10)3-2-4(9)6(7)8(11)12;5-3(6)1-4-2-10(7,8)9/h1,8-9H,3-7H2;1-5,11-12H,(H,23,24)(H2,19,20,21,22,25);2-3H,1H3,(H,11,12);4H,1-2H2,(H,5,6)(H2,7,8,9). The molecule has 0 saturated carbocycles. The van der Waals surface area contributed by atoms with Crippen molar-refractivity contribution in [1.82, 2.24) is 34.4 Å². The number of aromatic nitrogens is 5. The van der Waals surface area contributed by atoms with Crippen LogP contribution in [0.25, 0.3) is 5.69 Å². The minimum absolute atomic E-state index is 0.0788. The van der Waals surface area contributed by atoms with Crippen molar-refractivity contribution in [1.29, 1.82) is 0 Å². The Hall–Kier alpha value is -6.94. The number of fused-ring (bicyclic) bond motifs is 1. The van der Waals surface area contributed by atoms with Crippen LogP contribution in [0.2, 0.25) is 20.1 Å². The number of hydrogen-bond acceptors (Lipinski definition) is 16. The number of hydrogen-bond donors (Lipinski definition) is 8. The lowest BCUT2D eigenvalue weighted by atomic mass is 10.2. The van der Waals surface area contributed by atoms with Gasteiger partial charge in [0.25, 0.3) is 10.0 Å². The van der Waals surface area contributed by atoms with Gasteiger partial charge in [0.15, 0.2) is 5.75 Å². The molecular formula is C40H37Cl4F4N8O17PS. The van der Waals surface area contributed by atoms with Crippen LogP contribution >= 0.6 is 54.0 Å². The molecule has 1 aliphatic heterocycles. The maximum atomic E-state index is 12.5. The fourth-order valence-electron chi connectivity index (χ4n) is 5.65. The number of sulfonamides is 1. The van der Waals surface area contributed by atoms with Crippen molar-refractivity contribution in [2.75, 3.05) is 31.9 Å². The number of carbonyl (C=O) groups is 4. The van der Waals surface area contributed by atoms with Crippen molar-refractivity contribution < 1.29 is 93.8 Å². The van der Waals surface area contributed by atoms with Crippen molar-refractivity contribution in [2.45, 2.75) is 43.9 Å². The molecule has 406 valence electrons. The number of anilines is 1. The Kier molecular flexibility index (Phi) is 23.8. The predicted octanol–water partition coefficient (Wildman–Crippen LogP) is 6.07. The number of halogens is 8. The van der Waals surface area contributed by atoms with E-state index in [4.69, 9.17) is 87.4 Å². The number of aliphatic carboxylic acids is 1. The summed E-state index contributed by atoms with van der Waals surface area (Å²) < 4.78 is 106. The minimum Gasteiger partial charge on any atom is -0.494 e. The monoisotopic (exact) mass is 1180 g/mol. The lowest BCUT2D eigenvalue weighted by Crippen LogP contribution is -2.35. The average molecular weight is 1180 g/mol. The van der Waals surface area contributed by atoms with Gasteiger partial charge in [-0.1, -0.05) is 64.5 Å². The summed E-state index contributed by atoms with van der Waals surface area (Å²) >= 11 is 23.6. The summed E-state index contributed by atoms with van der Waals surface area (Å²) in [5.41, 5.74) is -0.530. The van der Waals surface area contributed by atoms with E-state index in [-0.39, 0.29) is 33.7 Å². The van der Waals surface area contributed by atoms with E-state index in [1.807, 2.05) is 0 Å². The molecule has 0 unspecified atom stereocenters. The summed E-state index contributed by atoms with van der Waals surface area (Å²) in [5, 5.41) is 34.9. The molecule has 0 spiro atoms. The number of carbonyl (C=O) groups excluding carboxylic acids is 1. The van der Waals surface area contributed by atoms with Crippen LogP contribution in [0.5, 0.6) is 23.3 Å². The minimum atomic E-state index is -4.71. The molecule has 0 aliphatic carbocycles. The fraction of sp³-hybridized carbons (Fsp3) is 0.250. The summed E-state index contributed by atoms with van der Waals surface area (Å²) in [5.74, 6) is -3.17. The molecule has 25 nitrogen and oxygen atoms in total. The number of urea groups is 1. The Bertz CT molecular complexity index is 3120. The zero-order valence-electron chi connectivity index (χ0n) is 37.6. The predicted molar refractivity (Wildman–Crippen MR) is 256 cm³/mol. The number of nitrogens with zero attached hydrogens (tertiary/aromatic N) is 5. The van der Waals surface area contributed by atoms with Gasteiger partial charge in [-0.25, -0.2) is 32.3 Å². The Morgan fingerprint density at radius 3 is 2.01 bits per heavy atom. The van der Waals surface area contributed by atoms with E-state index in [0.29, 0.717) is 34.1 Å². The number of carboxylic acids is 3. The van der Waals surface area contributed by atoms with Gasteiger partial charge < -0.3 is 44.1 Å². The Balaban J connectivity index is 0.000000287. The molecule has 75 heavy (non-hydrogen) atoms. The van der Waals surface area contributed by atoms with Crippen LogP contribution in [0.15, 0.2) is 64.3 Å². The highest BCUT2D eigenvalue weighted by atomic mass is 35.5. The molecule has 2 aromatic heterocycles. The van der Waals surface area contributed by atoms with Crippen LogP contribution in [0.3, 0.4) is 0 Å². The van der Waals surface area contributed by atoms with Gasteiger partial charge in [0, 0.05) is 19.0 Å². The first kappa shape index (κ1) is 62.4. The number of alkyl halides is 4. The maximum Gasteiger partial charge on any atom is 0.388 e. The topological polar surface area (TPSA) is 359 Å². The molecule has 0 radical (unpaired) electrons. The molecule has 2 amide bonds. The first-order valence-corrected chi connectivity index (χ1v) is 24.8. The van der Waals surface area contributed by atoms with E-state index < -0.39 is 95.8 Å². The molecule has 1 aliphatic rings. The number of amides is 2. The maximum absolute atomic E-state index is 12.5. The molecule has 0 atom stereocenters. The largest absolute Gasteiger partial charge is 0.494 e. The zero-order chi connectivity index (χ0) is 56.4. The number of aromatic carboxylic acids is 2. The number of ether oxygens (including phenoxy) is 4. The third-order valence-corrected chi connectivity index (χ3v) is 11.8. The van der Waals surface area contributed by atoms with Crippen LogP contribution in [-0.4, -0.2) is 122 Å². The van der Waals surface area contributed by atoms with Crippen molar-refractivity contribution in [3.8, 4) is 41.3 Å². The van der Waals surface area contributed by atoms with E-state index in [2.05, 4.69) is 35.8 Å². The van der Waals surface area contributed by atoms with Gasteiger partial charge >= 0.3 is 50.4 Å². The molecule has 0 bridgehead atoms. The van der Waals surface area contributed by atoms with Gasteiger partial charge in [0.2, 0.25) is 17.7 Å². The fourth-order valence-corrected chi connectivity index (χ4v) is 8.15. The van der Waals surface area contributed by atoms with Crippen molar-refractivity contribution >= 4 is 93.9 Å². The smallest absolute Gasteiger partial charge is 0.388 e. The quantitative estimate of drug-likeness (QED) is 0.0297. The van der Waals surface area contributed by atoms with Crippen LogP contribution in [-0.2, 0) is 32.3 Å². The van der Waals surface area contributed by atoms with Crippen molar-refractivity contribution in [3.05, 3.63) is 102 Å². The highest BCUT2D eigenvalue weighted by molar-refractivity contribution is 7.90. The number of carboxylic acid groups (broad SMARTS) is 3. The van der Waals surface area contributed by atoms with E-state index in [0.717, 1.165) is 37.2 Å². The summed E-state index contributed by atoms with van der Waals surface area (Å²) in [7, 11) is -7.47. The molecule has 5 aromatic rings. The van der Waals surface area contributed by atoms with Crippen LogP contribution in [0, 0.1) is 12.3 Å². The molecule has 8 N–H and O–H groups in total. The van der Waals surface area contributed by atoms with Gasteiger partial charge in [-0.2, -0.15) is 32.2 Å². The zero-order valence-corrected chi connectivity index (χ0v) is 42.4. The number of rotatable bonds is 17. The number of benzene rings is 3. The van der Waals surface area contributed by atoms with Gasteiger partial charge in [0.05, 0.1) is 57.3 Å². The Labute approximate surface area is 439 Å². The number of aryl methyl sites for hydroxylation is 1. The number of methoxy groups -OCH3 is 1. The van der Waals surface area contributed by atoms with Gasteiger partial charge in [-0.15, -0.1) is 11.5 Å². The molecule has 6 rings (SSSR count). The van der Waals surface area contributed by atoms with Gasteiger partial charge in [0.1, 0.15) is 28.6 Å². The highest BCUT2D eigenvalue weighted by Gasteiger charge is 2.26. The van der Waals surface area contributed by atoms with Crippen molar-refractivity contribution in [3.63, 3.8) is 0 Å². The first-order chi connectivity index (χ1) is 35.1. The summed E-state index contributed by atoms with van der Waals surface area (Å²) in [6, 6.07) is 9.23. The average Bonchev–Trinajstić information content (AvgIpc) is 3.64. The SMILES string of the molecule is C#CCOc1cc(-n2nc3n(c2=O)CCCC3)c(Cl)cc1Cl.COc1c(Cl)ccc(Cl)c1C(=O)O.O=C(Nc1nc(OC(F)F)cc(OC(F)F)n1)NS(=O)(=O)c1ccccc1C(=O)O.O=C(O)CNCP(=O)(O)O. The first-order valence-electron chi connectivity index (χ1n) is 20.0. The second kappa shape index (κ2) is 28.7. The van der Waals surface area contributed by atoms with E-state index in [1.165, 1.54) is 46.8 Å². The Morgan fingerprint density at radius 2 is 1.49 bits per heavy atom. The van der Waals surface area contributed by atoms with Gasteiger partial charge in [-0.3, -0.25) is 24.6 Å². The van der Waals surface area contributed by atoms with Gasteiger partial charge in [-0.05, 0) is 43.2 Å². The van der Waals surface area contributed by atoms with Crippen LogP contribution in [0.1, 0.15) is 39.4 Å². The Morgan fingerprint density at radius 1 is 0.880 bits per heavy atom. The van der Waals surface area contributed by atoms with E-state index in [9.17, 15) is 54.5 Å². The molecule has 0 fully saturated rings. The van der Waals surface area contributed by atoms with Crippen LogP contribution in [0.4, 0.5) is 28.3 Å². The van der Waals surface area contributed by atoms with E-state index >= 15 is 0 Å². The molecule has 35 heteroatoms. The summed E-state index contributed by atoms with van der Waals surface area (Å²) in [6.07, 6.45) is 7.37. The molecule has 3 heterocycles.